The van der Waals surface area contributed by atoms with Crippen molar-refractivity contribution < 1.29 is 14.3 Å². The van der Waals surface area contributed by atoms with Gasteiger partial charge in [-0.25, -0.2) is 0 Å². The van der Waals surface area contributed by atoms with E-state index >= 15 is 0 Å². The molecule has 1 fully saturated rings. The topological polar surface area (TPSA) is 69.6 Å². The number of benzene rings is 3. The molecule has 0 saturated carbocycles. The highest BCUT2D eigenvalue weighted by Crippen LogP contribution is 2.49. The van der Waals surface area contributed by atoms with E-state index < -0.39 is 7.37 Å². The number of para-hydroxylation sites is 1. The van der Waals surface area contributed by atoms with E-state index in [0.717, 1.165) is 5.56 Å². The van der Waals surface area contributed by atoms with Crippen LogP contribution in [0.3, 0.4) is 0 Å². The molecule has 0 aromatic heterocycles. The largest absolute Gasteiger partial charge is 0.354 e. The van der Waals surface area contributed by atoms with Crippen molar-refractivity contribution >= 4 is 64.3 Å². The van der Waals surface area contributed by atoms with E-state index in [1.165, 1.54) is 11.8 Å². The van der Waals surface area contributed by atoms with E-state index in [1.54, 1.807) is 47.4 Å². The lowest BCUT2D eigenvalue weighted by atomic mass is 10.1. The van der Waals surface area contributed by atoms with E-state index in [9.17, 15) is 14.3 Å². The lowest BCUT2D eigenvalue weighted by Crippen LogP contribution is -2.31. The first-order valence-electron chi connectivity index (χ1n) is 8.98. The van der Waals surface area contributed by atoms with Crippen molar-refractivity contribution in [2.24, 2.45) is 0 Å². The molecule has 29 heavy (non-hydrogen) atoms. The number of hydrogen-bond acceptors (Lipinski definition) is 4. The van der Waals surface area contributed by atoms with Crippen molar-refractivity contribution in [3.8, 4) is 0 Å². The molecule has 2 aliphatic heterocycles. The van der Waals surface area contributed by atoms with Crippen molar-refractivity contribution in [3.63, 3.8) is 0 Å². The Morgan fingerprint density at radius 2 is 1.83 bits per heavy atom. The molecular weight excluding hydrogens is 427 g/mol. The minimum absolute atomic E-state index is 0.0446. The lowest BCUT2D eigenvalue weighted by molar-refractivity contribution is -0.115. The number of thioether (sulfide) groups is 1. The average molecular weight is 443 g/mol. The van der Waals surface area contributed by atoms with Gasteiger partial charge in [0.1, 0.15) is 5.37 Å². The molecule has 3 aromatic carbocycles. The molecule has 2 atom stereocenters. The van der Waals surface area contributed by atoms with Crippen LogP contribution in [0.5, 0.6) is 0 Å². The van der Waals surface area contributed by atoms with Gasteiger partial charge in [0, 0.05) is 10.7 Å². The Hall–Kier alpha value is -2.24. The van der Waals surface area contributed by atoms with Crippen LogP contribution in [0.25, 0.3) is 0 Å². The van der Waals surface area contributed by atoms with Crippen molar-refractivity contribution in [2.75, 3.05) is 16.0 Å². The fraction of sp³-hybridized carbons (Fsp3) is 0.0952. The SMILES string of the molecule is O=C1CSC(c2cccc(Cl)c2)N1c1ccc2c(c1)P(=O)(O)c1ccccc1N2. The first-order chi connectivity index (χ1) is 13.9. The second kappa shape index (κ2) is 6.92. The zero-order chi connectivity index (χ0) is 20.2. The molecule has 0 bridgehead atoms. The molecule has 5 nitrogen and oxygen atoms in total. The molecule has 2 aliphatic rings. The number of carbonyl (C=O) groups is 1. The van der Waals surface area contributed by atoms with Crippen molar-refractivity contribution in [1.29, 1.82) is 0 Å². The molecule has 5 rings (SSSR count). The molecule has 1 amide bonds. The van der Waals surface area contributed by atoms with Gasteiger partial charge in [-0.1, -0.05) is 35.9 Å². The summed E-state index contributed by atoms with van der Waals surface area (Å²) in [6.07, 6.45) is 0. The second-order valence-corrected chi connectivity index (χ2v) is 10.5. The maximum atomic E-state index is 13.3. The van der Waals surface area contributed by atoms with E-state index in [-0.39, 0.29) is 11.3 Å². The van der Waals surface area contributed by atoms with Gasteiger partial charge in [0.25, 0.3) is 7.37 Å². The van der Waals surface area contributed by atoms with E-state index in [2.05, 4.69) is 5.32 Å². The van der Waals surface area contributed by atoms with E-state index in [0.29, 0.717) is 38.4 Å². The number of nitrogens with one attached hydrogen (secondary N) is 1. The number of anilines is 3. The Kier molecular flexibility index (Phi) is 4.48. The fourth-order valence-electron chi connectivity index (χ4n) is 3.75. The van der Waals surface area contributed by atoms with Gasteiger partial charge in [-0.15, -0.1) is 11.8 Å². The molecule has 146 valence electrons. The van der Waals surface area contributed by atoms with Gasteiger partial charge < -0.3 is 10.2 Å². The highest BCUT2D eigenvalue weighted by atomic mass is 35.5. The van der Waals surface area contributed by atoms with Gasteiger partial charge in [-0.2, -0.15) is 0 Å². The van der Waals surface area contributed by atoms with Crippen molar-refractivity contribution in [2.45, 2.75) is 5.37 Å². The normalized spacial score (nSPS) is 22.8. The summed E-state index contributed by atoms with van der Waals surface area (Å²) < 4.78 is 13.3. The zero-order valence-electron chi connectivity index (χ0n) is 15.1. The van der Waals surface area contributed by atoms with Gasteiger partial charge in [-0.05, 0) is 48.0 Å². The summed E-state index contributed by atoms with van der Waals surface area (Å²) in [5.41, 5.74) is 2.72. The predicted molar refractivity (Wildman–Crippen MR) is 119 cm³/mol. The minimum atomic E-state index is -3.78. The lowest BCUT2D eigenvalue weighted by Gasteiger charge is -2.29. The third-order valence-corrected chi connectivity index (χ3v) is 8.60. The highest BCUT2D eigenvalue weighted by Gasteiger charge is 2.38. The molecule has 3 aromatic rings. The zero-order valence-corrected chi connectivity index (χ0v) is 17.5. The van der Waals surface area contributed by atoms with Crippen LogP contribution < -0.4 is 20.8 Å². The third kappa shape index (κ3) is 3.08. The quantitative estimate of drug-likeness (QED) is 0.576. The molecule has 0 aliphatic carbocycles. The molecule has 2 N–H and O–H groups in total. The molecule has 8 heteroatoms. The maximum absolute atomic E-state index is 13.3. The summed E-state index contributed by atoms with van der Waals surface area (Å²) in [7, 11) is -3.78. The first-order valence-corrected chi connectivity index (χ1v) is 12.1. The standard InChI is InChI=1S/C21H16ClN2O3PS/c22-14-5-3-4-13(10-14)21-24(20(25)12-29-21)15-8-9-17-19(11-15)28(26,27)18-7-2-1-6-16(18)23-17/h1-11,21,23H,12H2,(H,26,27). The van der Waals surface area contributed by atoms with Gasteiger partial charge in [-0.3, -0.25) is 14.3 Å². The number of rotatable bonds is 2. The third-order valence-electron chi connectivity index (χ3n) is 5.09. The Morgan fingerprint density at radius 3 is 2.66 bits per heavy atom. The predicted octanol–water partition coefficient (Wildman–Crippen LogP) is 4.40. The number of nitrogens with zero attached hydrogens (tertiary/aromatic N) is 1. The van der Waals surface area contributed by atoms with E-state index in [4.69, 9.17) is 11.6 Å². The highest BCUT2D eigenvalue weighted by molar-refractivity contribution is 8.00. The molecule has 1 saturated heterocycles. The van der Waals surface area contributed by atoms with E-state index in [1.807, 2.05) is 24.3 Å². The molecule has 2 heterocycles. The Balaban J connectivity index is 1.60. The monoisotopic (exact) mass is 442 g/mol. The molecule has 0 spiro atoms. The van der Waals surface area contributed by atoms with Crippen LogP contribution in [0.4, 0.5) is 17.1 Å². The van der Waals surface area contributed by atoms with Gasteiger partial charge in [0.2, 0.25) is 5.91 Å². The number of amides is 1. The van der Waals surface area contributed by atoms with Crippen LogP contribution in [-0.2, 0) is 9.36 Å². The van der Waals surface area contributed by atoms with Crippen LogP contribution in [0, 0.1) is 0 Å². The summed E-state index contributed by atoms with van der Waals surface area (Å²) >= 11 is 7.65. The van der Waals surface area contributed by atoms with Gasteiger partial charge in [0.05, 0.1) is 27.7 Å². The van der Waals surface area contributed by atoms with Crippen molar-refractivity contribution in [1.82, 2.24) is 0 Å². The van der Waals surface area contributed by atoms with Gasteiger partial charge >= 0.3 is 0 Å². The number of hydrogen-bond donors (Lipinski definition) is 2. The summed E-state index contributed by atoms with van der Waals surface area (Å²) in [6.45, 7) is 0. The Bertz CT molecular complexity index is 1200. The number of carbonyl (C=O) groups excluding carboxylic acids is 1. The molecule has 0 radical (unpaired) electrons. The maximum Gasteiger partial charge on any atom is 0.262 e. The molecular formula is C21H16ClN2O3PS. The second-order valence-electron chi connectivity index (χ2n) is 6.90. The summed E-state index contributed by atoms with van der Waals surface area (Å²) in [4.78, 5) is 25.3. The van der Waals surface area contributed by atoms with Crippen LogP contribution in [0.15, 0.2) is 66.7 Å². The summed E-state index contributed by atoms with van der Waals surface area (Å²) in [6, 6.07) is 19.6. The Morgan fingerprint density at radius 1 is 1.03 bits per heavy atom. The van der Waals surface area contributed by atoms with Crippen molar-refractivity contribution in [3.05, 3.63) is 77.3 Å². The van der Waals surface area contributed by atoms with Gasteiger partial charge in [0.15, 0.2) is 0 Å². The first kappa shape index (κ1) is 18.8. The van der Waals surface area contributed by atoms with Crippen LogP contribution in [0.1, 0.15) is 10.9 Å². The summed E-state index contributed by atoms with van der Waals surface area (Å²) in [5.74, 6) is 0.295. The van der Waals surface area contributed by atoms with Crippen LogP contribution >= 0.6 is 30.7 Å². The minimum Gasteiger partial charge on any atom is -0.354 e. The van der Waals surface area contributed by atoms with Crippen LogP contribution in [0.2, 0.25) is 5.02 Å². The Labute approximate surface area is 177 Å². The summed E-state index contributed by atoms with van der Waals surface area (Å²) in [5, 5.41) is 4.27. The van der Waals surface area contributed by atoms with Crippen LogP contribution in [-0.4, -0.2) is 16.6 Å². The smallest absolute Gasteiger partial charge is 0.262 e. The average Bonchev–Trinajstić information content (AvgIpc) is 3.09. The molecule has 2 unspecified atom stereocenters. The number of halogens is 1. The fourth-order valence-corrected chi connectivity index (χ4v) is 6.89. The number of fused-ring (bicyclic) bond motifs is 2.